The molecule has 0 aliphatic heterocycles. The van der Waals surface area contributed by atoms with Crippen molar-refractivity contribution in [3.8, 4) is 0 Å². The van der Waals surface area contributed by atoms with E-state index in [1.54, 1.807) is 6.08 Å². The van der Waals surface area contributed by atoms with Crippen LogP contribution in [0.5, 0.6) is 0 Å². The van der Waals surface area contributed by atoms with E-state index in [-0.39, 0.29) is 13.0 Å². The van der Waals surface area contributed by atoms with Gasteiger partial charge in [-0.25, -0.2) is 4.57 Å². The third-order valence-electron chi connectivity index (χ3n) is 8.00. The van der Waals surface area contributed by atoms with Crippen LogP contribution in [0, 0.1) is 0 Å². The van der Waals surface area contributed by atoms with Crippen molar-refractivity contribution >= 4 is 19.8 Å². The summed E-state index contributed by atoms with van der Waals surface area (Å²) in [5.74, 6) is -1.92. The van der Waals surface area contributed by atoms with Crippen molar-refractivity contribution in [3.05, 3.63) is 72.9 Å². The quantitative estimate of drug-likeness (QED) is 0.0241. The molecule has 0 aromatic rings. The third kappa shape index (κ3) is 37.5. The fraction of sp³-hybridized carbons (Fsp3) is 0.667. The summed E-state index contributed by atoms with van der Waals surface area (Å²) in [6.45, 7) is 3.60. The molecule has 0 aliphatic carbocycles. The van der Waals surface area contributed by atoms with Crippen LogP contribution in [0.4, 0.5) is 0 Å². The highest BCUT2D eigenvalue weighted by molar-refractivity contribution is 7.47. The standard InChI is InChI=1S/C42H72NO9P/c1-3-5-7-9-11-13-15-17-19-21-23-25-27-29-31-33-35-49-36-39(37-50-53(47,48)51-38-40(43)42(45)46)52-41(44)34-32-30-28-26-24-22-20-18-16-14-12-10-8-6-4-2/h6,8,12,14,17-20,24,26,30,32,39-40H,3-5,7,9-11,13,15-16,21-23,25,27-29,31,33-38,43H2,1-2H3,(H,45,46)(H,47,48)/b8-6-,14-12-,19-17-,20-18-,26-24-,32-30-. The van der Waals surface area contributed by atoms with Crippen LogP contribution in [-0.4, -0.2) is 60.5 Å². The van der Waals surface area contributed by atoms with E-state index >= 15 is 0 Å². The molecule has 53 heavy (non-hydrogen) atoms. The molecule has 10 nitrogen and oxygen atoms in total. The normalized spacial score (nSPS) is 14.8. The molecule has 0 heterocycles. The zero-order valence-electron chi connectivity index (χ0n) is 32.8. The Hall–Kier alpha value is -2.59. The Labute approximate surface area is 321 Å². The summed E-state index contributed by atoms with van der Waals surface area (Å²) in [6, 6.07) is -1.49. The number of hydrogen-bond acceptors (Lipinski definition) is 8. The van der Waals surface area contributed by atoms with Crippen LogP contribution in [0.2, 0.25) is 0 Å². The maximum absolute atomic E-state index is 12.5. The van der Waals surface area contributed by atoms with Crippen molar-refractivity contribution in [3.63, 3.8) is 0 Å². The topological polar surface area (TPSA) is 155 Å². The Bertz CT molecular complexity index is 1120. The number of carboxylic acids is 1. The molecule has 0 amide bonds. The number of phosphoric ester groups is 1. The van der Waals surface area contributed by atoms with Crippen molar-refractivity contribution in [1.29, 1.82) is 0 Å². The Morgan fingerprint density at radius 1 is 0.623 bits per heavy atom. The number of unbranched alkanes of at least 4 members (excludes halogenated alkanes) is 12. The summed E-state index contributed by atoms with van der Waals surface area (Å²) in [5, 5.41) is 8.87. The summed E-state index contributed by atoms with van der Waals surface area (Å²) in [7, 11) is -4.64. The summed E-state index contributed by atoms with van der Waals surface area (Å²) in [6.07, 6.45) is 45.6. The van der Waals surface area contributed by atoms with Crippen molar-refractivity contribution < 1.29 is 42.7 Å². The molecule has 0 aromatic carbocycles. The molecule has 304 valence electrons. The number of aliphatic carboxylic acids is 1. The van der Waals surface area contributed by atoms with Crippen LogP contribution in [0.1, 0.15) is 142 Å². The molecule has 0 saturated heterocycles. The lowest BCUT2D eigenvalue weighted by Gasteiger charge is -2.20. The number of allylic oxidation sites excluding steroid dienone is 11. The first-order valence-corrected chi connectivity index (χ1v) is 21.5. The minimum atomic E-state index is -4.64. The van der Waals surface area contributed by atoms with Crippen molar-refractivity contribution in [2.45, 2.75) is 154 Å². The average molecular weight is 766 g/mol. The van der Waals surface area contributed by atoms with Gasteiger partial charge in [0.15, 0.2) is 0 Å². The molecule has 0 bridgehead atoms. The minimum Gasteiger partial charge on any atom is -0.480 e. The lowest BCUT2D eigenvalue weighted by Crippen LogP contribution is -2.34. The Morgan fingerprint density at radius 3 is 1.62 bits per heavy atom. The van der Waals surface area contributed by atoms with E-state index in [1.165, 1.54) is 64.2 Å². The molecule has 0 aliphatic rings. The Balaban J connectivity index is 4.44. The first-order valence-electron chi connectivity index (χ1n) is 20.0. The van der Waals surface area contributed by atoms with Gasteiger partial charge < -0.3 is 25.2 Å². The lowest BCUT2D eigenvalue weighted by molar-refractivity contribution is -0.153. The van der Waals surface area contributed by atoms with E-state index in [2.05, 4.69) is 73.1 Å². The molecule has 0 spiro atoms. The maximum Gasteiger partial charge on any atom is 0.472 e. The van der Waals surface area contributed by atoms with Gasteiger partial charge in [-0.05, 0) is 64.2 Å². The highest BCUT2D eigenvalue weighted by atomic mass is 31.2. The number of carboxylic acid groups (broad SMARTS) is 1. The second-order valence-corrected chi connectivity index (χ2v) is 14.5. The van der Waals surface area contributed by atoms with E-state index in [9.17, 15) is 19.0 Å². The van der Waals surface area contributed by atoms with Crippen molar-refractivity contribution in [1.82, 2.24) is 0 Å². The first-order chi connectivity index (χ1) is 25.7. The molecule has 0 radical (unpaired) electrons. The van der Waals surface area contributed by atoms with Gasteiger partial charge >= 0.3 is 19.8 Å². The molecule has 11 heteroatoms. The van der Waals surface area contributed by atoms with Crippen molar-refractivity contribution in [2.24, 2.45) is 5.73 Å². The van der Waals surface area contributed by atoms with Gasteiger partial charge in [-0.15, -0.1) is 0 Å². The summed E-state index contributed by atoms with van der Waals surface area (Å²) < 4.78 is 33.1. The number of esters is 1. The summed E-state index contributed by atoms with van der Waals surface area (Å²) in [5.41, 5.74) is 5.33. The number of carbonyl (C=O) groups excluding carboxylic acids is 1. The van der Waals surface area contributed by atoms with Gasteiger partial charge in [0.2, 0.25) is 0 Å². The molecule has 0 saturated carbocycles. The fourth-order valence-electron chi connectivity index (χ4n) is 4.91. The van der Waals surface area contributed by atoms with Gasteiger partial charge in [0.05, 0.1) is 26.2 Å². The predicted molar refractivity (Wildman–Crippen MR) is 217 cm³/mol. The molecular formula is C42H72NO9P. The van der Waals surface area contributed by atoms with Gasteiger partial charge in [0, 0.05) is 6.61 Å². The smallest absolute Gasteiger partial charge is 0.472 e. The number of carbonyl (C=O) groups is 2. The van der Waals surface area contributed by atoms with E-state index in [0.29, 0.717) is 13.0 Å². The van der Waals surface area contributed by atoms with Crippen molar-refractivity contribution in [2.75, 3.05) is 26.4 Å². The van der Waals surface area contributed by atoms with E-state index < -0.39 is 45.1 Å². The lowest BCUT2D eigenvalue weighted by atomic mass is 10.1. The number of phosphoric acid groups is 1. The Morgan fingerprint density at radius 2 is 1.09 bits per heavy atom. The summed E-state index contributed by atoms with van der Waals surface area (Å²) >= 11 is 0. The predicted octanol–water partition coefficient (Wildman–Crippen LogP) is 10.6. The molecular weight excluding hydrogens is 693 g/mol. The molecule has 3 atom stereocenters. The van der Waals surface area contributed by atoms with Crippen LogP contribution < -0.4 is 5.73 Å². The molecule has 4 N–H and O–H groups in total. The van der Waals surface area contributed by atoms with E-state index in [4.69, 9.17) is 24.8 Å². The second-order valence-electron chi connectivity index (χ2n) is 13.0. The SMILES string of the molecule is CC/C=C\C/C=C\C/C=C\C/C=C\C/C=C\CC(=O)OC(COCCCCCCCC/C=C\CCCCCCCC)COP(=O)(O)OCC(N)C(=O)O. The van der Waals surface area contributed by atoms with E-state index in [1.807, 2.05) is 12.2 Å². The second kappa shape index (κ2) is 37.7. The van der Waals surface area contributed by atoms with Crippen LogP contribution in [0.15, 0.2) is 72.9 Å². The average Bonchev–Trinajstić information content (AvgIpc) is 3.13. The highest BCUT2D eigenvalue weighted by Gasteiger charge is 2.27. The molecule has 3 unspecified atom stereocenters. The van der Waals surface area contributed by atoms with Gasteiger partial charge in [0.25, 0.3) is 0 Å². The summed E-state index contributed by atoms with van der Waals surface area (Å²) in [4.78, 5) is 33.4. The first kappa shape index (κ1) is 50.4. The van der Waals surface area contributed by atoms with Crippen LogP contribution in [-0.2, 0) is 32.7 Å². The van der Waals surface area contributed by atoms with Gasteiger partial charge in [-0.1, -0.05) is 145 Å². The number of nitrogens with two attached hydrogens (primary N) is 1. The van der Waals surface area contributed by atoms with Crippen LogP contribution >= 0.6 is 7.82 Å². The largest absolute Gasteiger partial charge is 0.480 e. The molecule has 0 aromatic heterocycles. The zero-order valence-corrected chi connectivity index (χ0v) is 33.7. The molecule has 0 rings (SSSR count). The van der Waals surface area contributed by atoms with Gasteiger partial charge in [-0.2, -0.15) is 0 Å². The monoisotopic (exact) mass is 765 g/mol. The van der Waals surface area contributed by atoms with Gasteiger partial charge in [0.1, 0.15) is 12.1 Å². The number of rotatable bonds is 37. The minimum absolute atomic E-state index is 0.0136. The fourth-order valence-corrected chi connectivity index (χ4v) is 5.69. The number of ether oxygens (including phenoxy) is 2. The number of hydrogen-bond donors (Lipinski definition) is 3. The molecule has 0 fully saturated rings. The zero-order chi connectivity index (χ0) is 39.1. The third-order valence-corrected chi connectivity index (χ3v) is 8.95. The van der Waals surface area contributed by atoms with Crippen LogP contribution in [0.25, 0.3) is 0 Å². The highest BCUT2D eigenvalue weighted by Crippen LogP contribution is 2.43. The maximum atomic E-state index is 12.5. The van der Waals surface area contributed by atoms with Crippen LogP contribution in [0.3, 0.4) is 0 Å². The van der Waals surface area contributed by atoms with Gasteiger partial charge in [-0.3, -0.25) is 18.6 Å². The van der Waals surface area contributed by atoms with E-state index in [0.717, 1.165) is 51.4 Å². The Kier molecular flexibility index (Phi) is 35.9.